The standard InChI is InChI=1S/C11H6BrClF3NO2/c12-8-6(13)3-5-7(18)1-2-17-9(5)10(8)19-4-11(14,15)16/h1-3H,4H2,(H,17,18). The minimum atomic E-state index is -4.48. The Morgan fingerprint density at radius 1 is 1.42 bits per heavy atom. The molecule has 0 amide bonds. The van der Waals surface area contributed by atoms with Crippen LogP contribution in [0.25, 0.3) is 10.9 Å². The fourth-order valence-corrected chi connectivity index (χ4v) is 2.09. The largest absolute Gasteiger partial charge is 0.507 e. The van der Waals surface area contributed by atoms with Crippen LogP contribution >= 0.6 is 27.5 Å². The van der Waals surface area contributed by atoms with Crippen LogP contribution in [0, 0.1) is 0 Å². The third kappa shape index (κ3) is 3.03. The van der Waals surface area contributed by atoms with Gasteiger partial charge in [-0.2, -0.15) is 13.2 Å². The van der Waals surface area contributed by atoms with Crippen LogP contribution in [-0.2, 0) is 0 Å². The molecule has 2 rings (SSSR count). The summed E-state index contributed by atoms with van der Waals surface area (Å²) in [6.07, 6.45) is -3.22. The van der Waals surface area contributed by atoms with Crippen LogP contribution in [0.4, 0.5) is 13.2 Å². The lowest BCUT2D eigenvalue weighted by Gasteiger charge is -2.14. The van der Waals surface area contributed by atoms with Crippen LogP contribution in [0.2, 0.25) is 5.02 Å². The SMILES string of the molecule is Oc1ccnc2c(OCC(F)(F)F)c(Br)c(Cl)cc12. The maximum atomic E-state index is 12.2. The number of hydrogen-bond donors (Lipinski definition) is 1. The van der Waals surface area contributed by atoms with Gasteiger partial charge in [0.15, 0.2) is 12.4 Å². The highest BCUT2D eigenvalue weighted by atomic mass is 79.9. The Morgan fingerprint density at radius 2 is 2.11 bits per heavy atom. The molecule has 0 aliphatic rings. The van der Waals surface area contributed by atoms with Gasteiger partial charge in [0, 0.05) is 11.6 Å². The molecule has 0 saturated carbocycles. The number of halogens is 5. The molecular weight excluding hydrogens is 350 g/mol. The van der Waals surface area contributed by atoms with Crippen molar-refractivity contribution in [3.63, 3.8) is 0 Å². The minimum absolute atomic E-state index is 0.0977. The molecule has 0 aliphatic carbocycles. The maximum Gasteiger partial charge on any atom is 0.422 e. The van der Waals surface area contributed by atoms with Gasteiger partial charge in [-0.25, -0.2) is 0 Å². The lowest BCUT2D eigenvalue weighted by molar-refractivity contribution is -0.153. The second-order valence-electron chi connectivity index (χ2n) is 3.63. The van der Waals surface area contributed by atoms with Crippen LogP contribution < -0.4 is 4.74 Å². The topological polar surface area (TPSA) is 42.4 Å². The second kappa shape index (κ2) is 5.05. The van der Waals surface area contributed by atoms with Gasteiger partial charge in [-0.3, -0.25) is 4.98 Å². The van der Waals surface area contributed by atoms with Crippen molar-refractivity contribution in [3.8, 4) is 11.5 Å². The fourth-order valence-electron chi connectivity index (χ4n) is 1.47. The van der Waals surface area contributed by atoms with Crippen molar-refractivity contribution in [3.05, 3.63) is 27.8 Å². The zero-order chi connectivity index (χ0) is 14.2. The number of fused-ring (bicyclic) bond motifs is 1. The highest BCUT2D eigenvalue weighted by Gasteiger charge is 2.29. The number of ether oxygens (including phenoxy) is 1. The molecule has 1 aromatic heterocycles. The molecule has 19 heavy (non-hydrogen) atoms. The molecule has 3 nitrogen and oxygen atoms in total. The van der Waals surface area contributed by atoms with Crippen molar-refractivity contribution in [1.82, 2.24) is 4.98 Å². The minimum Gasteiger partial charge on any atom is -0.507 e. The van der Waals surface area contributed by atoms with Gasteiger partial charge in [0.2, 0.25) is 0 Å². The molecule has 0 saturated heterocycles. The van der Waals surface area contributed by atoms with Crippen molar-refractivity contribution >= 4 is 38.4 Å². The van der Waals surface area contributed by atoms with E-state index in [1.54, 1.807) is 0 Å². The van der Waals surface area contributed by atoms with Crippen LogP contribution in [0.15, 0.2) is 22.8 Å². The molecule has 0 bridgehead atoms. The molecular formula is C11H6BrClF3NO2. The zero-order valence-electron chi connectivity index (χ0n) is 9.13. The number of aromatic nitrogens is 1. The Hall–Kier alpha value is -1.21. The number of benzene rings is 1. The second-order valence-corrected chi connectivity index (χ2v) is 4.83. The molecule has 102 valence electrons. The van der Waals surface area contributed by atoms with E-state index in [1.807, 2.05) is 0 Å². The molecule has 0 aliphatic heterocycles. The number of pyridine rings is 1. The molecule has 0 atom stereocenters. The third-order valence-electron chi connectivity index (χ3n) is 2.24. The monoisotopic (exact) mass is 355 g/mol. The summed E-state index contributed by atoms with van der Waals surface area (Å²) in [7, 11) is 0. The van der Waals surface area contributed by atoms with E-state index in [1.165, 1.54) is 18.3 Å². The summed E-state index contributed by atoms with van der Waals surface area (Å²) in [4.78, 5) is 3.90. The number of rotatable bonds is 2. The van der Waals surface area contributed by atoms with Gasteiger partial charge in [-0.1, -0.05) is 11.6 Å². The summed E-state index contributed by atoms with van der Waals surface area (Å²) in [5.41, 5.74) is 0.0977. The van der Waals surface area contributed by atoms with E-state index in [4.69, 9.17) is 16.3 Å². The zero-order valence-corrected chi connectivity index (χ0v) is 11.5. The first kappa shape index (κ1) is 14.2. The average molecular weight is 357 g/mol. The highest BCUT2D eigenvalue weighted by Crippen LogP contribution is 2.41. The van der Waals surface area contributed by atoms with Gasteiger partial charge in [-0.15, -0.1) is 0 Å². The Balaban J connectivity index is 2.57. The molecule has 0 spiro atoms. The van der Waals surface area contributed by atoms with Crippen molar-refractivity contribution in [1.29, 1.82) is 0 Å². The highest BCUT2D eigenvalue weighted by molar-refractivity contribution is 9.10. The van der Waals surface area contributed by atoms with E-state index in [-0.39, 0.29) is 31.9 Å². The van der Waals surface area contributed by atoms with E-state index >= 15 is 0 Å². The smallest absolute Gasteiger partial charge is 0.422 e. The van der Waals surface area contributed by atoms with Crippen molar-refractivity contribution in [2.75, 3.05) is 6.61 Å². The number of aromatic hydroxyl groups is 1. The summed E-state index contributed by atoms with van der Waals surface area (Å²) in [5.74, 6) is -0.299. The number of alkyl halides is 3. The summed E-state index contributed by atoms with van der Waals surface area (Å²) < 4.78 is 41.5. The van der Waals surface area contributed by atoms with E-state index in [9.17, 15) is 18.3 Å². The first-order valence-electron chi connectivity index (χ1n) is 4.95. The quantitative estimate of drug-likeness (QED) is 0.872. The predicted octanol–water partition coefficient (Wildman–Crippen LogP) is 4.30. The Kier molecular flexibility index (Phi) is 3.78. The lowest BCUT2D eigenvalue weighted by atomic mass is 10.2. The van der Waals surface area contributed by atoms with Crippen LogP contribution in [0.1, 0.15) is 0 Å². The first-order valence-corrected chi connectivity index (χ1v) is 6.12. The van der Waals surface area contributed by atoms with Gasteiger partial charge in [0.05, 0.1) is 9.50 Å². The van der Waals surface area contributed by atoms with Gasteiger partial charge in [0.1, 0.15) is 11.3 Å². The molecule has 2 aromatic rings. The summed E-state index contributed by atoms with van der Waals surface area (Å²) in [6.45, 7) is -1.47. The first-order chi connectivity index (χ1) is 8.79. The van der Waals surface area contributed by atoms with Gasteiger partial charge in [-0.05, 0) is 28.1 Å². The molecule has 0 fully saturated rings. The van der Waals surface area contributed by atoms with Gasteiger partial charge in [0.25, 0.3) is 0 Å². The Labute approximate surface area is 119 Å². The Bertz CT molecular complexity index is 633. The van der Waals surface area contributed by atoms with Crippen molar-refractivity contribution < 1.29 is 23.0 Å². The average Bonchev–Trinajstić information content (AvgIpc) is 2.30. The molecule has 0 unspecified atom stereocenters. The van der Waals surface area contributed by atoms with E-state index in [0.717, 1.165) is 0 Å². The fraction of sp³-hybridized carbons (Fsp3) is 0.182. The third-order valence-corrected chi connectivity index (χ3v) is 3.56. The van der Waals surface area contributed by atoms with Crippen LogP contribution in [0.3, 0.4) is 0 Å². The molecule has 1 heterocycles. The van der Waals surface area contributed by atoms with Gasteiger partial charge >= 0.3 is 6.18 Å². The van der Waals surface area contributed by atoms with Crippen LogP contribution in [-0.4, -0.2) is 22.9 Å². The lowest BCUT2D eigenvalue weighted by Crippen LogP contribution is -2.19. The van der Waals surface area contributed by atoms with E-state index in [0.29, 0.717) is 0 Å². The molecule has 1 N–H and O–H groups in total. The summed E-state index contributed by atoms with van der Waals surface area (Å²) >= 11 is 8.92. The summed E-state index contributed by atoms with van der Waals surface area (Å²) in [6, 6.07) is 2.70. The Morgan fingerprint density at radius 3 is 2.74 bits per heavy atom. The van der Waals surface area contributed by atoms with Gasteiger partial charge < -0.3 is 9.84 Å². The molecule has 8 heteroatoms. The van der Waals surface area contributed by atoms with Crippen molar-refractivity contribution in [2.24, 2.45) is 0 Å². The predicted molar refractivity (Wildman–Crippen MR) is 67.7 cm³/mol. The van der Waals surface area contributed by atoms with Crippen molar-refractivity contribution in [2.45, 2.75) is 6.18 Å². The maximum absolute atomic E-state index is 12.2. The van der Waals surface area contributed by atoms with Crippen LogP contribution in [0.5, 0.6) is 11.5 Å². The normalized spacial score (nSPS) is 11.8. The summed E-state index contributed by atoms with van der Waals surface area (Å²) in [5, 5.41) is 9.98. The number of hydrogen-bond acceptors (Lipinski definition) is 3. The number of nitrogens with zero attached hydrogens (tertiary/aromatic N) is 1. The molecule has 1 aromatic carbocycles. The van der Waals surface area contributed by atoms with E-state index < -0.39 is 12.8 Å². The van der Waals surface area contributed by atoms with E-state index in [2.05, 4.69) is 20.9 Å². The molecule has 0 radical (unpaired) electrons.